The van der Waals surface area contributed by atoms with Crippen LogP contribution in [0.15, 0.2) is 6.20 Å². The zero-order valence-corrected chi connectivity index (χ0v) is 12.8. The molecule has 0 radical (unpaired) electrons. The third-order valence-electron chi connectivity index (χ3n) is 1.91. The maximum atomic E-state index is 11.7. The second kappa shape index (κ2) is 7.93. The van der Waals surface area contributed by atoms with Crippen molar-refractivity contribution in [1.29, 1.82) is 0 Å². The van der Waals surface area contributed by atoms with Crippen LogP contribution in [0, 0.1) is 3.57 Å². The minimum atomic E-state index is -0.358. The number of carbonyl (C=O) groups is 1. The minimum absolute atomic E-state index is 0.276. The van der Waals surface area contributed by atoms with E-state index >= 15 is 0 Å². The average Bonchev–Trinajstić information content (AvgIpc) is 2.66. The number of carbonyl (C=O) groups excluding carboxylic acids is 1. The van der Waals surface area contributed by atoms with E-state index in [1.165, 1.54) is 4.68 Å². The van der Waals surface area contributed by atoms with Gasteiger partial charge in [-0.1, -0.05) is 0 Å². The summed E-state index contributed by atoms with van der Waals surface area (Å²) < 4.78 is 12.7. The van der Waals surface area contributed by atoms with E-state index in [1.54, 1.807) is 24.9 Å². The van der Waals surface area contributed by atoms with Gasteiger partial charge < -0.3 is 9.47 Å². The molecule has 0 amide bonds. The van der Waals surface area contributed by atoms with Gasteiger partial charge in [-0.25, -0.2) is 9.48 Å². The van der Waals surface area contributed by atoms with Crippen LogP contribution in [0.4, 0.5) is 0 Å². The molecule has 1 rings (SSSR count). The number of hydrogen-bond acceptors (Lipinski definition) is 5. The van der Waals surface area contributed by atoms with E-state index in [0.717, 1.165) is 9.32 Å². The topological polar surface area (TPSA) is 53.3 Å². The molecule has 0 N–H and O–H groups in total. The Morgan fingerprint density at radius 2 is 2.41 bits per heavy atom. The van der Waals surface area contributed by atoms with Crippen molar-refractivity contribution in [3.8, 4) is 0 Å². The highest BCUT2D eigenvalue weighted by atomic mass is 127. The predicted octanol–water partition coefficient (Wildman–Crippen LogP) is 2.00. The molecule has 7 heteroatoms. The van der Waals surface area contributed by atoms with Crippen molar-refractivity contribution in [2.45, 2.75) is 13.7 Å². The number of rotatable bonds is 7. The number of halogens is 1. The van der Waals surface area contributed by atoms with Gasteiger partial charge in [0.1, 0.15) is 6.73 Å². The van der Waals surface area contributed by atoms with Crippen molar-refractivity contribution >= 4 is 40.3 Å². The number of nitrogens with zero attached hydrogens (tertiary/aromatic N) is 2. The lowest BCUT2D eigenvalue weighted by atomic mass is 10.4. The molecule has 0 aliphatic carbocycles. The van der Waals surface area contributed by atoms with Crippen LogP contribution in [0.1, 0.15) is 17.4 Å². The molecular weight excluding hydrogens is 355 g/mol. The summed E-state index contributed by atoms with van der Waals surface area (Å²) >= 11 is 3.77. The molecule has 0 bridgehead atoms. The summed E-state index contributed by atoms with van der Waals surface area (Å²) in [7, 11) is 0. The molecule has 1 aromatic heterocycles. The van der Waals surface area contributed by atoms with Gasteiger partial charge in [-0.15, -0.1) is 0 Å². The second-order valence-electron chi connectivity index (χ2n) is 3.09. The van der Waals surface area contributed by atoms with Crippen LogP contribution in [-0.4, -0.2) is 41.0 Å². The van der Waals surface area contributed by atoms with Crippen molar-refractivity contribution < 1.29 is 14.3 Å². The molecule has 0 aliphatic heterocycles. The molecular formula is C10H15IN2O3S. The first kappa shape index (κ1) is 14.8. The molecule has 0 saturated heterocycles. The molecule has 0 atom stereocenters. The fourth-order valence-electron chi connectivity index (χ4n) is 1.16. The molecule has 0 aliphatic rings. The molecule has 0 fully saturated rings. The largest absolute Gasteiger partial charge is 0.461 e. The van der Waals surface area contributed by atoms with Gasteiger partial charge in [0, 0.05) is 5.75 Å². The number of thioether (sulfide) groups is 1. The average molecular weight is 370 g/mol. The standard InChI is InChI=1S/C10H15IN2O3S/c1-3-16-10(14)9-8(11)6-12-13(9)7-15-4-5-17-2/h6H,3-5,7H2,1-2H3. The van der Waals surface area contributed by atoms with Crippen LogP contribution in [0.3, 0.4) is 0 Å². The van der Waals surface area contributed by atoms with Crippen molar-refractivity contribution in [1.82, 2.24) is 9.78 Å². The summed E-state index contributed by atoms with van der Waals surface area (Å²) in [5.74, 6) is 0.565. The minimum Gasteiger partial charge on any atom is -0.461 e. The number of hydrogen-bond donors (Lipinski definition) is 0. The van der Waals surface area contributed by atoms with Crippen LogP contribution >= 0.6 is 34.4 Å². The Bertz CT molecular complexity index is 370. The SMILES string of the molecule is CCOC(=O)c1c(I)cnn1COCCSC. The first-order valence-corrected chi connectivity index (χ1v) is 7.63. The smallest absolute Gasteiger partial charge is 0.357 e. The van der Waals surface area contributed by atoms with Crippen molar-refractivity contribution in [2.75, 3.05) is 25.2 Å². The molecule has 96 valence electrons. The van der Waals surface area contributed by atoms with Crippen molar-refractivity contribution in [3.63, 3.8) is 0 Å². The predicted molar refractivity (Wildman–Crippen MR) is 75.2 cm³/mol. The zero-order valence-electron chi connectivity index (χ0n) is 9.81. The highest BCUT2D eigenvalue weighted by Gasteiger charge is 2.18. The Kier molecular flexibility index (Phi) is 6.90. The number of aromatic nitrogens is 2. The van der Waals surface area contributed by atoms with Crippen LogP contribution in [0.25, 0.3) is 0 Å². The third-order valence-corrected chi connectivity index (χ3v) is 3.27. The molecule has 17 heavy (non-hydrogen) atoms. The van der Waals surface area contributed by atoms with E-state index in [1.807, 2.05) is 6.26 Å². The first-order valence-electron chi connectivity index (χ1n) is 5.15. The van der Waals surface area contributed by atoms with Gasteiger partial charge in [0.25, 0.3) is 0 Å². The Labute approximate surface area is 118 Å². The molecule has 0 spiro atoms. The summed E-state index contributed by atoms with van der Waals surface area (Å²) in [6.07, 6.45) is 3.65. The highest BCUT2D eigenvalue weighted by molar-refractivity contribution is 14.1. The quantitative estimate of drug-likeness (QED) is 0.418. The molecule has 5 nitrogen and oxygen atoms in total. The van der Waals surface area contributed by atoms with Gasteiger partial charge in [-0.3, -0.25) is 0 Å². The van der Waals surface area contributed by atoms with Gasteiger partial charge in [-0.2, -0.15) is 16.9 Å². The fourth-order valence-corrected chi connectivity index (χ4v) is 2.06. The van der Waals surface area contributed by atoms with Gasteiger partial charge in [0.05, 0.1) is 23.0 Å². The van der Waals surface area contributed by atoms with Crippen LogP contribution in [0.5, 0.6) is 0 Å². The van der Waals surface area contributed by atoms with Crippen LogP contribution in [-0.2, 0) is 16.2 Å². The third kappa shape index (κ3) is 4.47. The van der Waals surface area contributed by atoms with Crippen LogP contribution < -0.4 is 0 Å². The van der Waals surface area contributed by atoms with E-state index in [0.29, 0.717) is 18.9 Å². The Balaban J connectivity index is 2.62. The van der Waals surface area contributed by atoms with E-state index < -0.39 is 0 Å². The molecule has 1 aromatic rings. The normalized spacial score (nSPS) is 10.5. The van der Waals surface area contributed by atoms with E-state index in [2.05, 4.69) is 27.7 Å². The second-order valence-corrected chi connectivity index (χ2v) is 5.24. The Hall–Kier alpha value is -0.280. The number of ether oxygens (including phenoxy) is 2. The summed E-state index contributed by atoms with van der Waals surface area (Å²) in [5, 5.41) is 4.09. The molecule has 0 unspecified atom stereocenters. The summed E-state index contributed by atoms with van der Waals surface area (Å²) in [5.41, 5.74) is 0.455. The lowest BCUT2D eigenvalue weighted by Crippen LogP contribution is -2.16. The number of esters is 1. The summed E-state index contributed by atoms with van der Waals surface area (Å²) in [4.78, 5) is 11.7. The highest BCUT2D eigenvalue weighted by Crippen LogP contribution is 2.13. The maximum Gasteiger partial charge on any atom is 0.357 e. The Morgan fingerprint density at radius 3 is 3.06 bits per heavy atom. The van der Waals surface area contributed by atoms with Crippen molar-refractivity contribution in [2.24, 2.45) is 0 Å². The summed E-state index contributed by atoms with van der Waals surface area (Å²) in [6, 6.07) is 0. The van der Waals surface area contributed by atoms with Gasteiger partial charge in [-0.05, 0) is 35.8 Å². The lowest BCUT2D eigenvalue weighted by Gasteiger charge is -2.07. The zero-order chi connectivity index (χ0) is 12.7. The van der Waals surface area contributed by atoms with Crippen LogP contribution in [0.2, 0.25) is 0 Å². The molecule has 0 saturated carbocycles. The van der Waals surface area contributed by atoms with Gasteiger partial charge >= 0.3 is 5.97 Å². The Morgan fingerprint density at radius 1 is 1.65 bits per heavy atom. The van der Waals surface area contributed by atoms with Gasteiger partial charge in [0.2, 0.25) is 0 Å². The maximum absolute atomic E-state index is 11.7. The van der Waals surface area contributed by atoms with E-state index in [-0.39, 0.29) is 12.7 Å². The van der Waals surface area contributed by atoms with E-state index in [9.17, 15) is 4.79 Å². The molecule has 1 heterocycles. The van der Waals surface area contributed by atoms with Crippen molar-refractivity contribution in [3.05, 3.63) is 15.5 Å². The van der Waals surface area contributed by atoms with E-state index in [4.69, 9.17) is 9.47 Å². The lowest BCUT2D eigenvalue weighted by molar-refractivity contribution is 0.0457. The first-order chi connectivity index (χ1) is 8.20. The summed E-state index contributed by atoms with van der Waals surface area (Å²) in [6.45, 7) is 3.05. The molecule has 0 aromatic carbocycles. The monoisotopic (exact) mass is 370 g/mol. The fraction of sp³-hybridized carbons (Fsp3) is 0.600. The van der Waals surface area contributed by atoms with Gasteiger partial charge in [0.15, 0.2) is 5.69 Å².